The van der Waals surface area contributed by atoms with Gasteiger partial charge in [-0.3, -0.25) is 0 Å². The van der Waals surface area contributed by atoms with Gasteiger partial charge in [0.15, 0.2) is 0 Å². The summed E-state index contributed by atoms with van der Waals surface area (Å²) in [5.74, 6) is -0.353. The number of nitrogens with one attached hydrogen (secondary N) is 1. The predicted octanol–water partition coefficient (Wildman–Crippen LogP) is 3.45. The van der Waals surface area contributed by atoms with Gasteiger partial charge >= 0.3 is 6.03 Å². The summed E-state index contributed by atoms with van der Waals surface area (Å²) in [6, 6.07) is 14.0. The fraction of sp³-hybridized carbons (Fsp3) is 0.364. The zero-order chi connectivity index (χ0) is 20.8. The number of nitriles is 1. The highest BCUT2D eigenvalue weighted by Gasteiger charge is 2.34. The maximum Gasteiger partial charge on any atom is 0.318 e. The molecule has 0 aliphatic carbocycles. The summed E-state index contributed by atoms with van der Waals surface area (Å²) in [5, 5.41) is 11.7. The molecule has 5 nitrogen and oxygen atoms in total. The Morgan fingerprint density at radius 1 is 1.21 bits per heavy atom. The Kier molecular flexibility index (Phi) is 6.78. The van der Waals surface area contributed by atoms with Crippen molar-refractivity contribution >= 4 is 6.03 Å². The molecular weight excluding hydrogens is 374 g/mol. The summed E-state index contributed by atoms with van der Waals surface area (Å²) in [6.45, 7) is 1.45. The lowest BCUT2D eigenvalue weighted by Gasteiger charge is -2.39. The number of hydrogen-bond donors (Lipinski definition) is 1. The van der Waals surface area contributed by atoms with Gasteiger partial charge in [-0.05, 0) is 48.9 Å². The molecule has 1 saturated heterocycles. The maximum atomic E-state index is 14.8. The summed E-state index contributed by atoms with van der Waals surface area (Å²) >= 11 is 0. The van der Waals surface area contributed by atoms with Gasteiger partial charge in [-0.25, -0.2) is 13.6 Å². The fourth-order valence-electron chi connectivity index (χ4n) is 3.50. The minimum atomic E-state index is -1.16. The van der Waals surface area contributed by atoms with E-state index in [0.717, 1.165) is 11.1 Å². The molecule has 29 heavy (non-hydrogen) atoms. The molecule has 0 spiro atoms. The van der Waals surface area contributed by atoms with Gasteiger partial charge in [0.1, 0.15) is 12.0 Å². The van der Waals surface area contributed by atoms with E-state index in [2.05, 4.69) is 11.4 Å². The fourth-order valence-corrected chi connectivity index (χ4v) is 3.50. The average Bonchev–Trinajstić information content (AvgIpc) is 2.72. The van der Waals surface area contributed by atoms with Gasteiger partial charge in [-0.2, -0.15) is 5.26 Å². The second kappa shape index (κ2) is 9.48. The van der Waals surface area contributed by atoms with Crippen LogP contribution in [0.15, 0.2) is 48.5 Å². The molecule has 0 unspecified atom stereocenters. The van der Waals surface area contributed by atoms with Gasteiger partial charge in [-0.15, -0.1) is 0 Å². The highest BCUT2D eigenvalue weighted by atomic mass is 19.1. The van der Waals surface area contributed by atoms with Crippen molar-refractivity contribution in [2.45, 2.75) is 31.7 Å². The van der Waals surface area contributed by atoms with Crippen molar-refractivity contribution in [2.75, 3.05) is 20.1 Å². The van der Waals surface area contributed by atoms with Crippen LogP contribution in [0.4, 0.5) is 13.6 Å². The number of carbonyl (C=O) groups excluding carboxylic acids is 1. The number of alkyl halides is 1. The number of rotatable bonds is 5. The minimum absolute atomic E-state index is 0.203. The van der Waals surface area contributed by atoms with E-state index in [4.69, 9.17) is 5.26 Å². The third-order valence-electron chi connectivity index (χ3n) is 5.16. The highest BCUT2D eigenvalue weighted by Crippen LogP contribution is 2.22. The monoisotopic (exact) mass is 398 g/mol. The first-order chi connectivity index (χ1) is 14.0. The molecule has 3 rings (SSSR count). The molecule has 2 aromatic carbocycles. The zero-order valence-electron chi connectivity index (χ0n) is 16.3. The molecule has 1 aliphatic rings. The van der Waals surface area contributed by atoms with E-state index in [1.54, 1.807) is 36.4 Å². The lowest BCUT2D eigenvalue weighted by Crippen LogP contribution is -2.55. The zero-order valence-corrected chi connectivity index (χ0v) is 16.3. The second-order valence-corrected chi connectivity index (χ2v) is 7.36. The molecule has 2 aromatic rings. The average molecular weight is 398 g/mol. The molecule has 1 fully saturated rings. The standard InChI is InChI=1S/C22H24F2N4O/c1-27-11-10-21(20(24)15-27)28(14-18-6-8-19(23)9-7-18)22(29)26-13-17-4-2-16(12-25)3-5-17/h2-9,20-21H,10-11,13-15H2,1H3,(H,26,29)/t20-,21+/m1/s1. The van der Waals surface area contributed by atoms with Gasteiger partial charge in [0.25, 0.3) is 0 Å². The van der Waals surface area contributed by atoms with E-state index in [9.17, 15) is 13.6 Å². The Morgan fingerprint density at radius 3 is 2.48 bits per heavy atom. The van der Waals surface area contributed by atoms with Crippen LogP contribution < -0.4 is 5.32 Å². The van der Waals surface area contributed by atoms with Crippen molar-refractivity contribution < 1.29 is 13.6 Å². The first-order valence-electron chi connectivity index (χ1n) is 9.57. The lowest BCUT2D eigenvalue weighted by molar-refractivity contribution is 0.0571. The normalized spacial score (nSPS) is 19.4. The van der Waals surface area contributed by atoms with E-state index >= 15 is 0 Å². The molecule has 1 N–H and O–H groups in total. The molecule has 2 amide bonds. The van der Waals surface area contributed by atoms with Crippen LogP contribution in [0.5, 0.6) is 0 Å². The molecule has 0 radical (unpaired) electrons. The number of nitrogens with zero attached hydrogens (tertiary/aromatic N) is 3. The van der Waals surface area contributed by atoms with Gasteiger partial charge in [0, 0.05) is 26.2 Å². The number of amides is 2. The lowest BCUT2D eigenvalue weighted by atomic mass is 10.0. The van der Waals surface area contributed by atoms with Crippen molar-refractivity contribution in [1.82, 2.24) is 15.1 Å². The minimum Gasteiger partial charge on any atom is -0.334 e. The number of carbonyl (C=O) groups is 1. The number of halogens is 2. The summed E-state index contributed by atoms with van der Waals surface area (Å²) < 4.78 is 28.0. The van der Waals surface area contributed by atoms with Gasteiger partial charge in [0.2, 0.25) is 0 Å². The van der Waals surface area contributed by atoms with Crippen LogP contribution in [-0.4, -0.2) is 48.2 Å². The maximum absolute atomic E-state index is 14.8. The molecule has 152 valence electrons. The van der Waals surface area contributed by atoms with Gasteiger partial charge in [0.05, 0.1) is 17.7 Å². The summed E-state index contributed by atoms with van der Waals surface area (Å²) in [7, 11) is 1.86. The van der Waals surface area contributed by atoms with Crippen LogP contribution in [0.1, 0.15) is 23.1 Å². The van der Waals surface area contributed by atoms with Crippen molar-refractivity contribution in [2.24, 2.45) is 0 Å². The van der Waals surface area contributed by atoms with Crippen LogP contribution in [-0.2, 0) is 13.1 Å². The molecule has 1 aliphatic heterocycles. The largest absolute Gasteiger partial charge is 0.334 e. The Hall–Kier alpha value is -2.98. The predicted molar refractivity (Wildman–Crippen MR) is 106 cm³/mol. The smallest absolute Gasteiger partial charge is 0.318 e. The van der Waals surface area contributed by atoms with Crippen LogP contribution in [0.2, 0.25) is 0 Å². The van der Waals surface area contributed by atoms with Crippen molar-refractivity contribution in [3.8, 4) is 6.07 Å². The third-order valence-corrected chi connectivity index (χ3v) is 5.16. The number of piperidine rings is 1. The Bertz CT molecular complexity index is 864. The van der Waals surface area contributed by atoms with E-state index in [1.807, 2.05) is 11.9 Å². The van der Waals surface area contributed by atoms with Crippen molar-refractivity contribution in [3.63, 3.8) is 0 Å². The first-order valence-corrected chi connectivity index (χ1v) is 9.57. The molecule has 2 atom stereocenters. The molecular formula is C22H24F2N4O. The number of hydrogen-bond acceptors (Lipinski definition) is 3. The summed E-state index contributed by atoms with van der Waals surface area (Å²) in [6.07, 6.45) is -0.627. The Morgan fingerprint density at radius 2 is 1.86 bits per heavy atom. The van der Waals surface area contributed by atoms with E-state index < -0.39 is 12.2 Å². The topological polar surface area (TPSA) is 59.4 Å². The van der Waals surface area contributed by atoms with Gasteiger partial charge in [-0.1, -0.05) is 24.3 Å². The Balaban J connectivity index is 1.72. The Labute approximate surface area is 169 Å². The molecule has 0 saturated carbocycles. The first kappa shape index (κ1) is 20.7. The van der Waals surface area contributed by atoms with Crippen molar-refractivity contribution in [3.05, 3.63) is 71.0 Å². The van der Waals surface area contributed by atoms with E-state index in [1.165, 1.54) is 17.0 Å². The number of urea groups is 1. The highest BCUT2D eigenvalue weighted by molar-refractivity contribution is 5.74. The quantitative estimate of drug-likeness (QED) is 0.839. The van der Waals surface area contributed by atoms with Crippen molar-refractivity contribution in [1.29, 1.82) is 5.26 Å². The van der Waals surface area contributed by atoms with Crippen LogP contribution in [0.25, 0.3) is 0 Å². The van der Waals surface area contributed by atoms with Crippen LogP contribution >= 0.6 is 0 Å². The summed E-state index contributed by atoms with van der Waals surface area (Å²) in [5.41, 5.74) is 2.13. The van der Waals surface area contributed by atoms with E-state index in [-0.39, 0.29) is 31.5 Å². The molecule has 1 heterocycles. The van der Waals surface area contributed by atoms with Crippen LogP contribution in [0, 0.1) is 17.1 Å². The van der Waals surface area contributed by atoms with Gasteiger partial charge < -0.3 is 15.1 Å². The van der Waals surface area contributed by atoms with Crippen LogP contribution in [0.3, 0.4) is 0 Å². The number of benzene rings is 2. The second-order valence-electron chi connectivity index (χ2n) is 7.36. The molecule has 7 heteroatoms. The third kappa shape index (κ3) is 5.52. The summed E-state index contributed by atoms with van der Waals surface area (Å²) in [4.78, 5) is 16.4. The van der Waals surface area contributed by atoms with E-state index in [0.29, 0.717) is 18.5 Å². The number of likely N-dealkylation sites (tertiary alicyclic amines) is 1. The molecule has 0 aromatic heterocycles. The SMILES string of the molecule is CN1CC[C@H](N(Cc2ccc(F)cc2)C(=O)NCc2ccc(C#N)cc2)[C@H](F)C1. The molecule has 0 bridgehead atoms.